The molecule has 1 aliphatic carbocycles. The summed E-state index contributed by atoms with van der Waals surface area (Å²) in [5, 5.41) is 5.93. The van der Waals surface area contributed by atoms with Gasteiger partial charge in [-0.2, -0.15) is 5.10 Å². The highest BCUT2D eigenvalue weighted by Crippen LogP contribution is 2.33. The third-order valence-electron chi connectivity index (χ3n) is 5.73. The fourth-order valence-electron chi connectivity index (χ4n) is 4.21. The zero-order chi connectivity index (χ0) is 20.8. The molecule has 1 fully saturated rings. The monoisotopic (exact) mass is 468 g/mol. The second-order valence-electron chi connectivity index (χ2n) is 7.71. The van der Waals surface area contributed by atoms with E-state index < -0.39 is 5.82 Å². The summed E-state index contributed by atoms with van der Waals surface area (Å²) in [6.45, 7) is 0. The molecule has 5 rings (SSSR count). The lowest BCUT2D eigenvalue weighted by Gasteiger charge is -2.09. The minimum absolute atomic E-state index is 0.0624. The second kappa shape index (κ2) is 7.39. The highest BCUT2D eigenvalue weighted by atomic mass is 79.9. The average molecular weight is 469 g/mol. The molecule has 4 aromatic rings. The van der Waals surface area contributed by atoms with Gasteiger partial charge in [0.1, 0.15) is 15.9 Å². The molecule has 2 N–H and O–H groups in total. The van der Waals surface area contributed by atoms with Gasteiger partial charge in [0.15, 0.2) is 11.5 Å². The molecule has 3 aromatic heterocycles. The summed E-state index contributed by atoms with van der Waals surface area (Å²) < 4.78 is 16.8. The fourth-order valence-corrected chi connectivity index (χ4v) is 4.65. The van der Waals surface area contributed by atoms with Gasteiger partial charge in [0.05, 0.1) is 11.1 Å². The molecule has 7 nitrogen and oxygen atoms in total. The third-order valence-corrected chi connectivity index (χ3v) is 6.32. The molecule has 0 aliphatic heterocycles. The summed E-state index contributed by atoms with van der Waals surface area (Å²) in [7, 11) is 0. The van der Waals surface area contributed by atoms with Crippen molar-refractivity contribution >= 4 is 43.8 Å². The standard InChI is InChI=1S/C21H18BrFN6O/c22-19-15-10-26-17(7-11-3-4-13(6-11)20(24)30)27-21(15)29(28-19)14-8-12-2-1-5-25-18(12)16(23)9-14/h1-2,5,8-11,13H,3-4,6-7H2,(H2,24,30)/t11-,13-/m1/s1. The summed E-state index contributed by atoms with van der Waals surface area (Å²) in [5.41, 5.74) is 6.92. The van der Waals surface area contributed by atoms with Crippen molar-refractivity contribution in [3.05, 3.63) is 52.9 Å². The van der Waals surface area contributed by atoms with Gasteiger partial charge in [-0.3, -0.25) is 9.78 Å². The first-order valence-electron chi connectivity index (χ1n) is 9.73. The van der Waals surface area contributed by atoms with Crippen LogP contribution in [0.3, 0.4) is 0 Å². The van der Waals surface area contributed by atoms with Crippen LogP contribution in [0.2, 0.25) is 0 Å². The molecule has 0 saturated heterocycles. The van der Waals surface area contributed by atoms with Gasteiger partial charge >= 0.3 is 0 Å². The van der Waals surface area contributed by atoms with Crippen molar-refractivity contribution in [1.82, 2.24) is 24.7 Å². The molecule has 1 aliphatic rings. The zero-order valence-corrected chi connectivity index (χ0v) is 17.5. The minimum atomic E-state index is -0.416. The number of benzene rings is 1. The van der Waals surface area contributed by atoms with E-state index in [1.165, 1.54) is 6.07 Å². The summed E-state index contributed by atoms with van der Waals surface area (Å²) in [6.07, 6.45) is 6.47. The van der Waals surface area contributed by atoms with Crippen LogP contribution in [0.15, 0.2) is 41.3 Å². The molecule has 3 heterocycles. The summed E-state index contributed by atoms with van der Waals surface area (Å²) in [5.74, 6) is 0.287. The van der Waals surface area contributed by atoms with Crippen LogP contribution in [-0.2, 0) is 11.2 Å². The molecule has 0 radical (unpaired) electrons. The Labute approximate surface area is 179 Å². The number of pyridine rings is 1. The predicted molar refractivity (Wildman–Crippen MR) is 113 cm³/mol. The number of fused-ring (bicyclic) bond motifs is 2. The molecule has 2 atom stereocenters. The van der Waals surface area contributed by atoms with Crippen LogP contribution in [0.1, 0.15) is 25.1 Å². The van der Waals surface area contributed by atoms with Gasteiger partial charge in [-0.05, 0) is 53.2 Å². The van der Waals surface area contributed by atoms with Gasteiger partial charge in [0.25, 0.3) is 0 Å². The number of primary amides is 1. The molecule has 1 amide bonds. The quantitative estimate of drug-likeness (QED) is 0.491. The Balaban J connectivity index is 1.54. The van der Waals surface area contributed by atoms with Crippen molar-refractivity contribution in [3.8, 4) is 5.69 Å². The lowest BCUT2D eigenvalue weighted by atomic mass is 10.0. The van der Waals surface area contributed by atoms with Crippen molar-refractivity contribution in [3.63, 3.8) is 0 Å². The first kappa shape index (κ1) is 19.0. The third kappa shape index (κ3) is 3.32. The van der Waals surface area contributed by atoms with Gasteiger partial charge in [-0.25, -0.2) is 19.0 Å². The zero-order valence-electron chi connectivity index (χ0n) is 15.9. The first-order chi connectivity index (χ1) is 14.5. The lowest BCUT2D eigenvalue weighted by Crippen LogP contribution is -2.21. The van der Waals surface area contributed by atoms with E-state index in [9.17, 15) is 9.18 Å². The van der Waals surface area contributed by atoms with Crippen LogP contribution in [0.5, 0.6) is 0 Å². The molecule has 9 heteroatoms. The molecule has 0 bridgehead atoms. The number of nitrogens with two attached hydrogens (primary N) is 1. The van der Waals surface area contributed by atoms with Crippen molar-refractivity contribution in [2.75, 3.05) is 0 Å². The molecule has 0 unspecified atom stereocenters. The maximum atomic E-state index is 14.6. The molecule has 1 saturated carbocycles. The van der Waals surface area contributed by atoms with E-state index in [1.54, 1.807) is 23.1 Å². The Kier molecular flexibility index (Phi) is 4.69. The Bertz CT molecular complexity index is 1290. The smallest absolute Gasteiger partial charge is 0.220 e. The Morgan fingerprint density at radius 1 is 1.30 bits per heavy atom. The van der Waals surface area contributed by atoms with Crippen molar-refractivity contribution < 1.29 is 9.18 Å². The van der Waals surface area contributed by atoms with E-state index >= 15 is 0 Å². The number of hydrogen-bond acceptors (Lipinski definition) is 5. The number of amides is 1. The molecule has 152 valence electrons. The fraction of sp³-hybridized carbons (Fsp3) is 0.286. The van der Waals surface area contributed by atoms with Crippen LogP contribution in [-0.4, -0.2) is 30.6 Å². The van der Waals surface area contributed by atoms with E-state index in [2.05, 4.69) is 31.0 Å². The number of nitrogens with zero attached hydrogens (tertiary/aromatic N) is 5. The van der Waals surface area contributed by atoms with Gasteiger partial charge in [0, 0.05) is 36.2 Å². The number of carbonyl (C=O) groups is 1. The van der Waals surface area contributed by atoms with E-state index in [-0.39, 0.29) is 11.8 Å². The number of carbonyl (C=O) groups excluding carboxylic acids is 1. The summed E-state index contributed by atoms with van der Waals surface area (Å²) in [6, 6.07) is 6.82. The number of halogens is 2. The maximum Gasteiger partial charge on any atom is 0.220 e. The van der Waals surface area contributed by atoms with E-state index in [1.807, 2.05) is 12.1 Å². The van der Waals surface area contributed by atoms with Crippen molar-refractivity contribution in [2.24, 2.45) is 17.6 Å². The molecular weight excluding hydrogens is 451 g/mol. The Hall–Kier alpha value is -2.94. The molecular formula is C21H18BrFN6O. The SMILES string of the molecule is NC(=O)[C@@H]1CC[C@@H](Cc2ncc3c(Br)nn(-c4cc(F)c5ncccc5c4)c3n2)C1. The number of aromatic nitrogens is 5. The lowest BCUT2D eigenvalue weighted by molar-refractivity contribution is -0.121. The van der Waals surface area contributed by atoms with Crippen LogP contribution >= 0.6 is 15.9 Å². The molecule has 1 aromatic carbocycles. The topological polar surface area (TPSA) is 99.6 Å². The number of hydrogen-bond donors (Lipinski definition) is 1. The normalized spacial score (nSPS) is 19.0. The molecule has 30 heavy (non-hydrogen) atoms. The van der Waals surface area contributed by atoms with E-state index in [0.717, 1.165) is 24.6 Å². The second-order valence-corrected chi connectivity index (χ2v) is 8.46. The van der Waals surface area contributed by atoms with Crippen LogP contribution in [0.4, 0.5) is 4.39 Å². The van der Waals surface area contributed by atoms with Gasteiger partial charge in [0.2, 0.25) is 5.91 Å². The minimum Gasteiger partial charge on any atom is -0.369 e. The van der Waals surface area contributed by atoms with E-state index in [0.29, 0.717) is 45.0 Å². The first-order valence-corrected chi connectivity index (χ1v) is 10.5. The van der Waals surface area contributed by atoms with Crippen molar-refractivity contribution in [2.45, 2.75) is 25.7 Å². The summed E-state index contributed by atoms with van der Waals surface area (Å²) in [4.78, 5) is 24.7. The van der Waals surface area contributed by atoms with E-state index in [4.69, 9.17) is 10.7 Å². The van der Waals surface area contributed by atoms with Crippen LogP contribution in [0, 0.1) is 17.7 Å². The van der Waals surface area contributed by atoms with Crippen molar-refractivity contribution in [1.29, 1.82) is 0 Å². The largest absolute Gasteiger partial charge is 0.369 e. The number of rotatable bonds is 4. The predicted octanol–water partition coefficient (Wildman–Crippen LogP) is 3.71. The average Bonchev–Trinajstić information content (AvgIpc) is 3.33. The van der Waals surface area contributed by atoms with Gasteiger partial charge in [-0.15, -0.1) is 0 Å². The highest BCUT2D eigenvalue weighted by Gasteiger charge is 2.29. The Morgan fingerprint density at radius 2 is 2.17 bits per heavy atom. The molecule has 0 spiro atoms. The van der Waals surface area contributed by atoms with Gasteiger partial charge < -0.3 is 5.73 Å². The maximum absolute atomic E-state index is 14.6. The van der Waals surface area contributed by atoms with Crippen LogP contribution < -0.4 is 5.73 Å². The highest BCUT2D eigenvalue weighted by molar-refractivity contribution is 9.10. The van der Waals surface area contributed by atoms with Gasteiger partial charge in [-0.1, -0.05) is 6.07 Å². The summed E-state index contributed by atoms with van der Waals surface area (Å²) >= 11 is 3.45. The Morgan fingerprint density at radius 3 is 2.97 bits per heavy atom. The van der Waals surface area contributed by atoms with Crippen LogP contribution in [0.25, 0.3) is 27.6 Å².